The molecule has 1 unspecified atom stereocenters. The van der Waals surface area contributed by atoms with Gasteiger partial charge in [0.2, 0.25) is 5.91 Å². The van der Waals surface area contributed by atoms with Crippen molar-refractivity contribution >= 4 is 21.8 Å². The zero-order chi connectivity index (χ0) is 13.9. The van der Waals surface area contributed by atoms with E-state index in [-0.39, 0.29) is 0 Å². The summed E-state index contributed by atoms with van der Waals surface area (Å²) in [5.41, 5.74) is 1.20. The molecule has 1 aromatic carbocycles. The van der Waals surface area contributed by atoms with Crippen LogP contribution in [-0.4, -0.2) is 29.4 Å². The maximum Gasteiger partial charge on any atom is 0.224 e. The van der Waals surface area contributed by atoms with Gasteiger partial charge in [0.05, 0.1) is 0 Å². The van der Waals surface area contributed by atoms with Gasteiger partial charge >= 0.3 is 0 Å². The summed E-state index contributed by atoms with van der Waals surface area (Å²) in [6.07, 6.45) is 5.31. The quantitative estimate of drug-likeness (QED) is 0.896. The van der Waals surface area contributed by atoms with Crippen molar-refractivity contribution in [2.75, 3.05) is 6.54 Å². The summed E-state index contributed by atoms with van der Waals surface area (Å²) in [5.74, 6) is 0.308. The summed E-state index contributed by atoms with van der Waals surface area (Å²) in [6, 6.07) is 9.05. The maximum absolute atomic E-state index is 12.6. The zero-order valence-corrected chi connectivity index (χ0v) is 13.2. The zero-order valence-electron chi connectivity index (χ0n) is 11.6. The van der Waals surface area contributed by atoms with Crippen LogP contribution in [0.3, 0.4) is 0 Å². The normalized spacial score (nSPS) is 21.9. The topological polar surface area (TPSA) is 32.3 Å². The van der Waals surface area contributed by atoms with Gasteiger partial charge in [0, 0.05) is 29.5 Å². The Morgan fingerprint density at radius 2 is 2.10 bits per heavy atom. The molecule has 3 rings (SSSR count). The van der Waals surface area contributed by atoms with E-state index in [4.69, 9.17) is 0 Å². The Morgan fingerprint density at radius 1 is 1.30 bits per heavy atom. The lowest BCUT2D eigenvalue weighted by Crippen LogP contribution is -2.37. The van der Waals surface area contributed by atoms with E-state index < -0.39 is 0 Å². The molecule has 4 heteroatoms. The fourth-order valence-electron chi connectivity index (χ4n) is 2.88. The van der Waals surface area contributed by atoms with Crippen LogP contribution in [0, 0.1) is 0 Å². The predicted molar refractivity (Wildman–Crippen MR) is 83.4 cm³/mol. The highest BCUT2D eigenvalue weighted by atomic mass is 79.9. The van der Waals surface area contributed by atoms with E-state index in [2.05, 4.69) is 32.2 Å². The largest absolute Gasteiger partial charge is 0.335 e. The highest BCUT2D eigenvalue weighted by Crippen LogP contribution is 2.31. The van der Waals surface area contributed by atoms with Crippen molar-refractivity contribution in [2.24, 2.45) is 0 Å². The van der Waals surface area contributed by atoms with Crippen molar-refractivity contribution in [1.82, 2.24) is 10.2 Å². The molecule has 0 bridgehead atoms. The van der Waals surface area contributed by atoms with E-state index in [9.17, 15) is 4.79 Å². The lowest BCUT2D eigenvalue weighted by Gasteiger charge is -2.24. The van der Waals surface area contributed by atoms with Crippen LogP contribution < -0.4 is 5.32 Å². The van der Waals surface area contributed by atoms with Crippen molar-refractivity contribution in [3.05, 3.63) is 34.3 Å². The molecule has 20 heavy (non-hydrogen) atoms. The minimum atomic E-state index is 0.308. The Balaban J connectivity index is 1.66. The second kappa shape index (κ2) is 6.27. The molecule has 3 nitrogen and oxygen atoms in total. The van der Waals surface area contributed by atoms with Gasteiger partial charge in [-0.3, -0.25) is 4.79 Å². The van der Waals surface area contributed by atoms with Crippen molar-refractivity contribution in [1.29, 1.82) is 0 Å². The molecule has 108 valence electrons. The Morgan fingerprint density at radius 3 is 2.75 bits per heavy atom. The van der Waals surface area contributed by atoms with E-state index >= 15 is 0 Å². The summed E-state index contributed by atoms with van der Waals surface area (Å²) < 4.78 is 1.09. The number of nitrogens with zero attached hydrogens (tertiary/aromatic N) is 1. The number of hydrogen-bond acceptors (Lipinski definition) is 2. The van der Waals surface area contributed by atoms with Gasteiger partial charge in [0.15, 0.2) is 0 Å². The van der Waals surface area contributed by atoms with Crippen LogP contribution >= 0.6 is 15.9 Å². The number of carbonyl (C=O) groups is 1. The van der Waals surface area contributed by atoms with Gasteiger partial charge in [-0.05, 0) is 43.9 Å². The molecular weight excluding hydrogens is 316 g/mol. The van der Waals surface area contributed by atoms with E-state index in [1.807, 2.05) is 18.2 Å². The summed E-state index contributed by atoms with van der Waals surface area (Å²) in [4.78, 5) is 14.7. The van der Waals surface area contributed by atoms with Gasteiger partial charge in [-0.15, -0.1) is 0 Å². The molecule has 1 aromatic rings. The Labute approximate surface area is 128 Å². The van der Waals surface area contributed by atoms with Crippen LogP contribution in [0.4, 0.5) is 0 Å². The number of carbonyl (C=O) groups excluding carboxylic acids is 1. The van der Waals surface area contributed by atoms with Gasteiger partial charge in [-0.2, -0.15) is 0 Å². The van der Waals surface area contributed by atoms with Crippen LogP contribution in [0.25, 0.3) is 0 Å². The SMILES string of the molecule is O=C(CC1CCCN1)N(Cc1ccccc1Br)C1CC1. The van der Waals surface area contributed by atoms with Crippen LogP contribution in [0.2, 0.25) is 0 Å². The summed E-state index contributed by atoms with van der Waals surface area (Å²) in [6.45, 7) is 1.79. The molecule has 1 N–H and O–H groups in total. The van der Waals surface area contributed by atoms with Crippen LogP contribution in [-0.2, 0) is 11.3 Å². The standard InChI is InChI=1S/C16H21BrN2O/c17-15-6-2-1-4-12(15)11-19(14-7-8-14)16(20)10-13-5-3-9-18-13/h1-2,4,6,13-14,18H,3,5,7-11H2. The smallest absolute Gasteiger partial charge is 0.224 e. The highest BCUT2D eigenvalue weighted by Gasteiger charge is 2.33. The third-order valence-corrected chi connectivity index (χ3v) is 4.96. The van der Waals surface area contributed by atoms with Gasteiger partial charge < -0.3 is 10.2 Å². The third kappa shape index (κ3) is 3.41. The third-order valence-electron chi connectivity index (χ3n) is 4.19. The fourth-order valence-corrected chi connectivity index (χ4v) is 3.29. The number of rotatable bonds is 5. The molecule has 1 aliphatic carbocycles. The highest BCUT2D eigenvalue weighted by molar-refractivity contribution is 9.10. The summed E-state index contributed by atoms with van der Waals surface area (Å²) in [7, 11) is 0. The number of amides is 1. The van der Waals surface area contributed by atoms with E-state index in [0.29, 0.717) is 24.4 Å². The van der Waals surface area contributed by atoms with Gasteiger partial charge in [0.1, 0.15) is 0 Å². The molecule has 1 atom stereocenters. The molecule has 0 spiro atoms. The summed E-state index contributed by atoms with van der Waals surface area (Å²) in [5, 5.41) is 3.42. The average Bonchev–Trinajstić information content (AvgIpc) is 3.15. The second-order valence-electron chi connectivity index (χ2n) is 5.84. The van der Waals surface area contributed by atoms with Gasteiger partial charge in [-0.25, -0.2) is 0 Å². The molecule has 1 saturated carbocycles. The van der Waals surface area contributed by atoms with E-state index in [1.54, 1.807) is 0 Å². The van der Waals surface area contributed by atoms with E-state index in [1.165, 1.54) is 12.0 Å². The first-order valence-corrected chi connectivity index (χ1v) is 8.29. The first-order valence-electron chi connectivity index (χ1n) is 7.50. The Kier molecular flexibility index (Phi) is 4.41. The monoisotopic (exact) mass is 336 g/mol. The molecule has 1 saturated heterocycles. The molecule has 2 aliphatic rings. The van der Waals surface area contributed by atoms with Gasteiger partial charge in [0.25, 0.3) is 0 Å². The van der Waals surface area contributed by atoms with Crippen LogP contribution in [0.5, 0.6) is 0 Å². The molecule has 0 aromatic heterocycles. The van der Waals surface area contributed by atoms with Crippen molar-refractivity contribution in [3.8, 4) is 0 Å². The van der Waals surface area contributed by atoms with Crippen LogP contribution in [0.15, 0.2) is 28.7 Å². The maximum atomic E-state index is 12.6. The summed E-state index contributed by atoms with van der Waals surface area (Å²) >= 11 is 3.58. The average molecular weight is 337 g/mol. The number of hydrogen-bond donors (Lipinski definition) is 1. The lowest BCUT2D eigenvalue weighted by atomic mass is 10.1. The van der Waals surface area contributed by atoms with Crippen molar-refractivity contribution in [3.63, 3.8) is 0 Å². The fraction of sp³-hybridized carbons (Fsp3) is 0.562. The molecule has 1 heterocycles. The van der Waals surface area contributed by atoms with E-state index in [0.717, 1.165) is 36.8 Å². The minimum Gasteiger partial charge on any atom is -0.335 e. The molecule has 0 radical (unpaired) electrons. The first-order chi connectivity index (χ1) is 9.74. The van der Waals surface area contributed by atoms with Gasteiger partial charge in [-0.1, -0.05) is 34.1 Å². The lowest BCUT2D eigenvalue weighted by molar-refractivity contribution is -0.132. The number of nitrogens with one attached hydrogen (secondary N) is 1. The Hall–Kier alpha value is -0.870. The molecule has 1 aliphatic heterocycles. The Bertz CT molecular complexity index is 481. The van der Waals surface area contributed by atoms with Crippen molar-refractivity contribution in [2.45, 2.75) is 50.7 Å². The molecular formula is C16H21BrN2O. The van der Waals surface area contributed by atoms with Crippen molar-refractivity contribution < 1.29 is 4.79 Å². The number of benzene rings is 1. The molecule has 2 fully saturated rings. The molecule has 1 amide bonds. The number of halogens is 1. The minimum absolute atomic E-state index is 0.308. The predicted octanol–water partition coefficient (Wildman–Crippen LogP) is 3.08. The van der Waals surface area contributed by atoms with Crippen LogP contribution in [0.1, 0.15) is 37.7 Å². The first kappa shape index (κ1) is 14.1. The second-order valence-corrected chi connectivity index (χ2v) is 6.70.